The van der Waals surface area contributed by atoms with Crippen molar-refractivity contribution < 1.29 is 13.6 Å². The Morgan fingerprint density at radius 1 is 1.20 bits per heavy atom. The van der Waals surface area contributed by atoms with Crippen LogP contribution in [0.5, 0.6) is 0 Å². The van der Waals surface area contributed by atoms with Crippen molar-refractivity contribution in [1.29, 1.82) is 0 Å². The van der Waals surface area contributed by atoms with Gasteiger partial charge in [0.05, 0.1) is 5.73 Å². The fraction of sp³-hybridized carbons (Fsp3) is 1.00. The van der Waals surface area contributed by atoms with Gasteiger partial charge in [-0.25, -0.2) is 0 Å². The minimum absolute atomic E-state index is 0.176. The molecule has 0 saturated heterocycles. The van der Waals surface area contributed by atoms with Crippen LogP contribution in [0.15, 0.2) is 0 Å². The first-order valence-electron chi connectivity index (χ1n) is 3.38. The van der Waals surface area contributed by atoms with Gasteiger partial charge in [0.2, 0.25) is 0 Å². The molecule has 3 nitrogen and oxygen atoms in total. The van der Waals surface area contributed by atoms with Gasteiger partial charge in [0, 0.05) is 21.3 Å². The third kappa shape index (κ3) is 2.79. The fourth-order valence-electron chi connectivity index (χ4n) is 0.870. The van der Waals surface area contributed by atoms with E-state index in [-0.39, 0.29) is 5.73 Å². The summed E-state index contributed by atoms with van der Waals surface area (Å²) in [5.74, 6) is 0. The number of hydrogen-bond donors (Lipinski definition) is 0. The SMILES string of the molecule is CCC(OC)[SiH](OC)OC. The molecule has 0 aliphatic carbocycles. The van der Waals surface area contributed by atoms with E-state index in [1.165, 1.54) is 0 Å². The molecule has 0 amide bonds. The van der Waals surface area contributed by atoms with Gasteiger partial charge in [-0.3, -0.25) is 0 Å². The molecule has 0 aliphatic heterocycles. The number of ether oxygens (including phenoxy) is 1. The molecule has 0 bridgehead atoms. The summed E-state index contributed by atoms with van der Waals surface area (Å²) in [6, 6.07) is 0. The highest BCUT2D eigenvalue weighted by atomic mass is 28.3. The first-order chi connectivity index (χ1) is 4.79. The molecule has 0 fully saturated rings. The van der Waals surface area contributed by atoms with Gasteiger partial charge in [0.15, 0.2) is 0 Å². The van der Waals surface area contributed by atoms with E-state index in [1.807, 2.05) is 0 Å². The average molecular weight is 164 g/mol. The first kappa shape index (κ1) is 10.1. The molecule has 0 saturated carbocycles. The second-order valence-electron chi connectivity index (χ2n) is 2.02. The maximum atomic E-state index is 5.16. The highest BCUT2D eigenvalue weighted by Crippen LogP contribution is 2.02. The lowest BCUT2D eigenvalue weighted by Gasteiger charge is -2.19. The van der Waals surface area contributed by atoms with E-state index >= 15 is 0 Å². The molecule has 10 heavy (non-hydrogen) atoms. The van der Waals surface area contributed by atoms with Gasteiger partial charge in [-0.2, -0.15) is 0 Å². The Morgan fingerprint density at radius 3 is 1.80 bits per heavy atom. The summed E-state index contributed by atoms with van der Waals surface area (Å²) in [4.78, 5) is 0. The largest absolute Gasteiger partial charge is 0.398 e. The summed E-state index contributed by atoms with van der Waals surface area (Å²) in [5.41, 5.74) is 0.176. The van der Waals surface area contributed by atoms with Gasteiger partial charge < -0.3 is 13.6 Å². The highest BCUT2D eigenvalue weighted by Gasteiger charge is 2.21. The predicted octanol–water partition coefficient (Wildman–Crippen LogP) is 0.464. The smallest absolute Gasteiger partial charge is 0.350 e. The lowest BCUT2D eigenvalue weighted by Crippen LogP contribution is -2.36. The topological polar surface area (TPSA) is 27.7 Å². The zero-order valence-electron chi connectivity index (χ0n) is 7.09. The molecule has 0 rings (SSSR count). The summed E-state index contributed by atoms with van der Waals surface area (Å²) in [7, 11) is 3.49. The molecule has 62 valence electrons. The molecule has 0 aromatic rings. The van der Waals surface area contributed by atoms with E-state index in [0.717, 1.165) is 6.42 Å². The zero-order chi connectivity index (χ0) is 7.98. The van der Waals surface area contributed by atoms with Gasteiger partial charge in [-0.05, 0) is 6.42 Å². The Morgan fingerprint density at radius 2 is 1.70 bits per heavy atom. The van der Waals surface area contributed by atoms with Crippen LogP contribution in [-0.4, -0.2) is 36.3 Å². The number of methoxy groups -OCH3 is 1. The molecule has 0 radical (unpaired) electrons. The van der Waals surface area contributed by atoms with Gasteiger partial charge in [0.1, 0.15) is 0 Å². The minimum atomic E-state index is -1.53. The summed E-state index contributed by atoms with van der Waals surface area (Å²) >= 11 is 0. The van der Waals surface area contributed by atoms with Crippen molar-refractivity contribution in [1.82, 2.24) is 0 Å². The molecular formula is C6H16O3Si. The number of hydrogen-bond acceptors (Lipinski definition) is 3. The van der Waals surface area contributed by atoms with Crippen molar-refractivity contribution in [2.75, 3.05) is 21.3 Å². The van der Waals surface area contributed by atoms with Gasteiger partial charge in [-0.1, -0.05) is 6.92 Å². The van der Waals surface area contributed by atoms with Crippen LogP contribution in [0.1, 0.15) is 13.3 Å². The van der Waals surface area contributed by atoms with E-state index in [9.17, 15) is 0 Å². The Balaban J connectivity index is 3.70. The Hall–Kier alpha value is 0.0969. The van der Waals surface area contributed by atoms with Crippen LogP contribution in [0.3, 0.4) is 0 Å². The van der Waals surface area contributed by atoms with Crippen molar-refractivity contribution in [3.05, 3.63) is 0 Å². The van der Waals surface area contributed by atoms with E-state index in [1.54, 1.807) is 21.3 Å². The monoisotopic (exact) mass is 164 g/mol. The molecule has 0 spiro atoms. The van der Waals surface area contributed by atoms with Gasteiger partial charge in [-0.15, -0.1) is 0 Å². The Labute approximate surface area is 64.1 Å². The Bertz CT molecular complexity index is 61.4. The number of rotatable bonds is 5. The minimum Gasteiger partial charge on any atom is -0.398 e. The van der Waals surface area contributed by atoms with E-state index in [2.05, 4.69) is 6.92 Å². The molecule has 1 unspecified atom stereocenters. The molecule has 0 aliphatic rings. The van der Waals surface area contributed by atoms with Crippen LogP contribution in [0.2, 0.25) is 0 Å². The third-order valence-electron chi connectivity index (χ3n) is 1.47. The third-order valence-corrected chi connectivity index (χ3v) is 3.75. The van der Waals surface area contributed by atoms with E-state index < -0.39 is 9.28 Å². The lowest BCUT2D eigenvalue weighted by atomic mass is 10.5. The molecule has 4 heteroatoms. The standard InChI is InChI=1S/C6H16O3Si/c1-5-6(7-2)10(8-3)9-4/h6,10H,5H2,1-4H3. The molecule has 1 atom stereocenters. The van der Waals surface area contributed by atoms with Gasteiger partial charge in [0.25, 0.3) is 0 Å². The summed E-state index contributed by atoms with van der Waals surface area (Å²) in [5, 5.41) is 0. The van der Waals surface area contributed by atoms with Gasteiger partial charge >= 0.3 is 9.28 Å². The molecular weight excluding hydrogens is 148 g/mol. The first-order valence-corrected chi connectivity index (χ1v) is 4.99. The maximum absolute atomic E-state index is 5.16. The molecule has 0 aromatic heterocycles. The van der Waals surface area contributed by atoms with E-state index in [0.29, 0.717) is 0 Å². The van der Waals surface area contributed by atoms with Crippen molar-refractivity contribution in [2.45, 2.75) is 19.1 Å². The van der Waals surface area contributed by atoms with Crippen LogP contribution >= 0.6 is 0 Å². The summed E-state index contributed by atoms with van der Waals surface area (Å²) in [6.45, 7) is 2.06. The van der Waals surface area contributed by atoms with Crippen molar-refractivity contribution in [3.63, 3.8) is 0 Å². The average Bonchev–Trinajstić information content (AvgIpc) is 2.00. The van der Waals surface area contributed by atoms with E-state index in [4.69, 9.17) is 13.6 Å². The normalized spacial score (nSPS) is 14.1. The van der Waals surface area contributed by atoms with Crippen LogP contribution in [0, 0.1) is 0 Å². The zero-order valence-corrected chi connectivity index (χ0v) is 8.24. The highest BCUT2D eigenvalue weighted by molar-refractivity contribution is 6.45. The van der Waals surface area contributed by atoms with Crippen LogP contribution in [-0.2, 0) is 13.6 Å². The van der Waals surface area contributed by atoms with Crippen LogP contribution in [0.25, 0.3) is 0 Å². The van der Waals surface area contributed by atoms with Crippen molar-refractivity contribution in [2.24, 2.45) is 0 Å². The lowest BCUT2D eigenvalue weighted by molar-refractivity contribution is 0.111. The van der Waals surface area contributed by atoms with Crippen molar-refractivity contribution >= 4 is 9.28 Å². The van der Waals surface area contributed by atoms with Crippen molar-refractivity contribution in [3.8, 4) is 0 Å². The fourth-order valence-corrected chi connectivity index (χ4v) is 2.28. The quantitative estimate of drug-likeness (QED) is 0.553. The molecule has 0 aromatic carbocycles. The molecule has 0 N–H and O–H groups in total. The predicted molar refractivity (Wildman–Crippen MR) is 42.3 cm³/mol. The summed E-state index contributed by atoms with van der Waals surface area (Å²) in [6.07, 6.45) is 0.953. The summed E-state index contributed by atoms with van der Waals surface area (Å²) < 4.78 is 15.4. The van der Waals surface area contributed by atoms with Crippen LogP contribution < -0.4 is 0 Å². The second-order valence-corrected chi connectivity index (χ2v) is 4.45. The van der Waals surface area contributed by atoms with Crippen LogP contribution in [0.4, 0.5) is 0 Å². The molecule has 0 heterocycles. The maximum Gasteiger partial charge on any atom is 0.350 e. The second kappa shape index (κ2) is 5.85. The Kier molecular flexibility index (Phi) is 5.91.